The summed E-state index contributed by atoms with van der Waals surface area (Å²) in [6.07, 6.45) is -0.0566. The molecular formula is C23H26N2O8. The number of nitrogens with two attached hydrogens (primary N) is 1. The molecule has 176 valence electrons. The van der Waals surface area contributed by atoms with Gasteiger partial charge in [-0.25, -0.2) is 0 Å². The average Bonchev–Trinajstić information content (AvgIpc) is 2.72. The predicted octanol–water partition coefficient (Wildman–Crippen LogP) is -0.461. The van der Waals surface area contributed by atoms with E-state index in [1.54, 1.807) is 25.1 Å². The number of primary amides is 1. The summed E-state index contributed by atoms with van der Waals surface area (Å²) < 4.78 is 5.13. The first-order chi connectivity index (χ1) is 15.4. The Kier molecular flexibility index (Phi) is 5.41. The molecule has 1 amide bonds. The minimum Gasteiger partial charge on any atom is -0.507 e. The number of ketones is 4. The van der Waals surface area contributed by atoms with Crippen LogP contribution in [-0.2, 0) is 36.9 Å². The molecular weight excluding hydrogens is 432 g/mol. The Labute approximate surface area is 189 Å². The molecule has 2 saturated carbocycles. The van der Waals surface area contributed by atoms with Crippen molar-refractivity contribution in [1.82, 2.24) is 0 Å². The minimum absolute atomic E-state index is 0.0299. The van der Waals surface area contributed by atoms with Crippen molar-refractivity contribution in [3.8, 4) is 5.75 Å². The van der Waals surface area contributed by atoms with E-state index in [0.717, 1.165) is 0 Å². The van der Waals surface area contributed by atoms with Crippen molar-refractivity contribution in [2.24, 2.45) is 29.4 Å². The Hall–Kier alpha value is -3.11. The lowest BCUT2D eigenvalue weighted by Crippen LogP contribution is -2.68. The van der Waals surface area contributed by atoms with E-state index in [0.29, 0.717) is 16.8 Å². The van der Waals surface area contributed by atoms with E-state index >= 15 is 0 Å². The maximum absolute atomic E-state index is 13.6. The third-order valence-corrected chi connectivity index (χ3v) is 7.24. The van der Waals surface area contributed by atoms with E-state index in [2.05, 4.69) is 0 Å². The van der Waals surface area contributed by atoms with Gasteiger partial charge in [-0.3, -0.25) is 24.0 Å². The van der Waals surface area contributed by atoms with E-state index in [9.17, 15) is 34.2 Å². The molecule has 33 heavy (non-hydrogen) atoms. The molecule has 2 fully saturated rings. The second kappa shape index (κ2) is 7.74. The summed E-state index contributed by atoms with van der Waals surface area (Å²) in [6, 6.07) is 1.72. The number of hydrogen-bond donors (Lipinski definition) is 3. The molecule has 0 aromatic heterocycles. The Morgan fingerprint density at radius 1 is 1.21 bits per heavy atom. The first kappa shape index (κ1) is 23.1. The van der Waals surface area contributed by atoms with Gasteiger partial charge in [0.15, 0.2) is 34.7 Å². The highest BCUT2D eigenvalue weighted by atomic mass is 16.5. The molecule has 1 aromatic rings. The highest BCUT2D eigenvalue weighted by Crippen LogP contribution is 2.51. The smallest absolute Gasteiger partial charge is 0.235 e. The number of rotatable bonds is 4. The Morgan fingerprint density at radius 3 is 2.45 bits per heavy atom. The largest absolute Gasteiger partial charge is 0.507 e. The third kappa shape index (κ3) is 3.12. The van der Waals surface area contributed by atoms with Gasteiger partial charge < -0.3 is 25.6 Å². The van der Waals surface area contributed by atoms with E-state index in [-0.39, 0.29) is 37.2 Å². The van der Waals surface area contributed by atoms with Gasteiger partial charge in [0.2, 0.25) is 5.91 Å². The average molecular weight is 458 g/mol. The number of Topliss-reactive ketones (excluding diaryl/α,β-unsaturated/α-hetero) is 4. The van der Waals surface area contributed by atoms with Gasteiger partial charge in [-0.2, -0.15) is 0 Å². The number of phenols is 1. The number of carbonyl (C=O) groups excluding carboxylic acids is 5. The third-order valence-electron chi connectivity index (χ3n) is 7.24. The highest BCUT2D eigenvalue weighted by Gasteiger charge is 2.66. The number of carbonyl (C=O) groups is 5. The Morgan fingerprint density at radius 2 is 1.88 bits per heavy atom. The van der Waals surface area contributed by atoms with Crippen molar-refractivity contribution in [1.29, 1.82) is 0 Å². The predicted molar refractivity (Wildman–Crippen MR) is 114 cm³/mol. The number of aromatic hydroxyl groups is 1. The standard InChI is InChI=1S/C23H26N2O8/c1-25(2)13-6-10(8-33-3)18(27)16-12(13)5-9-4-11-7-14(26)17(22(24)31)21(30)23(11,32)20(29)15(9)19(16)28/h6,9,11,15,17,27,32H,4-5,7-8H2,1-3H3,(H2,24,31)/t9-,11+,15?,17?,23+/m1/s1. The van der Waals surface area contributed by atoms with E-state index in [1.165, 1.54) is 7.11 Å². The second-order valence-corrected chi connectivity index (χ2v) is 9.32. The molecule has 1 aromatic carbocycles. The lowest BCUT2D eigenvalue weighted by Gasteiger charge is -2.48. The van der Waals surface area contributed by atoms with Crippen LogP contribution in [0.1, 0.15) is 34.3 Å². The zero-order chi connectivity index (χ0) is 24.4. The van der Waals surface area contributed by atoms with Crippen LogP contribution in [0.2, 0.25) is 0 Å². The number of benzene rings is 1. The maximum atomic E-state index is 13.6. The van der Waals surface area contributed by atoms with Crippen LogP contribution in [0.25, 0.3) is 0 Å². The number of aliphatic hydroxyl groups is 1. The van der Waals surface area contributed by atoms with Gasteiger partial charge in [0.1, 0.15) is 5.75 Å². The van der Waals surface area contributed by atoms with Crippen molar-refractivity contribution < 1.29 is 38.9 Å². The fourth-order valence-electron chi connectivity index (χ4n) is 5.73. The molecule has 2 unspecified atom stereocenters. The second-order valence-electron chi connectivity index (χ2n) is 9.32. The quantitative estimate of drug-likeness (QED) is 0.506. The van der Waals surface area contributed by atoms with Crippen LogP contribution in [0, 0.1) is 23.7 Å². The lowest BCUT2D eigenvalue weighted by atomic mass is 9.53. The minimum atomic E-state index is -2.65. The highest BCUT2D eigenvalue weighted by molar-refractivity contribution is 6.31. The number of methoxy groups -OCH3 is 1. The van der Waals surface area contributed by atoms with Crippen LogP contribution in [0.4, 0.5) is 5.69 Å². The van der Waals surface area contributed by atoms with Crippen LogP contribution in [0.15, 0.2) is 6.07 Å². The summed E-state index contributed by atoms with van der Waals surface area (Å²) in [6.45, 7) is 0.0299. The van der Waals surface area contributed by atoms with Crippen molar-refractivity contribution in [2.45, 2.75) is 31.5 Å². The van der Waals surface area contributed by atoms with Crippen LogP contribution in [0.3, 0.4) is 0 Å². The molecule has 4 rings (SSSR count). The van der Waals surface area contributed by atoms with Gasteiger partial charge in [-0.1, -0.05) is 0 Å². The molecule has 0 radical (unpaired) electrons. The first-order valence-corrected chi connectivity index (χ1v) is 10.7. The lowest BCUT2D eigenvalue weighted by molar-refractivity contribution is -0.175. The van der Waals surface area contributed by atoms with Gasteiger partial charge in [0, 0.05) is 44.8 Å². The van der Waals surface area contributed by atoms with Crippen LogP contribution < -0.4 is 10.6 Å². The number of anilines is 1. The maximum Gasteiger partial charge on any atom is 0.235 e. The molecule has 0 bridgehead atoms. The Bertz CT molecular complexity index is 1110. The van der Waals surface area contributed by atoms with Crippen LogP contribution >= 0.6 is 0 Å². The van der Waals surface area contributed by atoms with E-state index < -0.39 is 58.3 Å². The normalized spacial score (nSPS) is 31.0. The van der Waals surface area contributed by atoms with Crippen LogP contribution in [-0.4, -0.2) is 66.1 Å². The van der Waals surface area contributed by atoms with Crippen molar-refractivity contribution >= 4 is 34.7 Å². The number of fused-ring (bicyclic) bond motifs is 3. The summed E-state index contributed by atoms with van der Waals surface area (Å²) in [5, 5.41) is 22.1. The molecule has 0 saturated heterocycles. The van der Waals surface area contributed by atoms with Gasteiger partial charge in [0.05, 0.1) is 18.1 Å². The molecule has 0 spiro atoms. The topological polar surface area (TPSA) is 164 Å². The molecule has 0 heterocycles. The van der Waals surface area contributed by atoms with Crippen molar-refractivity contribution in [3.05, 3.63) is 22.8 Å². The number of nitrogens with zero attached hydrogens (tertiary/aromatic N) is 1. The molecule has 3 aliphatic rings. The molecule has 5 atom stereocenters. The summed E-state index contributed by atoms with van der Waals surface area (Å²) >= 11 is 0. The fourth-order valence-corrected chi connectivity index (χ4v) is 5.73. The van der Waals surface area contributed by atoms with Crippen molar-refractivity contribution in [2.75, 3.05) is 26.1 Å². The zero-order valence-electron chi connectivity index (χ0n) is 18.6. The van der Waals surface area contributed by atoms with E-state index in [1.807, 2.05) is 0 Å². The molecule has 10 nitrogen and oxygen atoms in total. The zero-order valence-corrected chi connectivity index (χ0v) is 18.6. The van der Waals surface area contributed by atoms with E-state index in [4.69, 9.17) is 10.5 Å². The number of amides is 1. The number of hydrogen-bond acceptors (Lipinski definition) is 9. The molecule has 4 N–H and O–H groups in total. The molecule has 0 aliphatic heterocycles. The van der Waals surface area contributed by atoms with Gasteiger partial charge in [-0.05, 0) is 30.4 Å². The summed E-state index contributed by atoms with van der Waals surface area (Å²) in [5.74, 6) is -10.2. The number of phenolic OH excluding ortho intramolecular Hbond substituents is 1. The first-order valence-electron chi connectivity index (χ1n) is 10.7. The Balaban J connectivity index is 1.85. The van der Waals surface area contributed by atoms with Gasteiger partial charge in [0.25, 0.3) is 0 Å². The monoisotopic (exact) mass is 458 g/mol. The van der Waals surface area contributed by atoms with Gasteiger partial charge >= 0.3 is 0 Å². The summed E-state index contributed by atoms with van der Waals surface area (Å²) in [4.78, 5) is 65.9. The van der Waals surface area contributed by atoms with Crippen molar-refractivity contribution in [3.63, 3.8) is 0 Å². The molecule has 10 heteroatoms. The van der Waals surface area contributed by atoms with Gasteiger partial charge in [-0.15, -0.1) is 0 Å². The van der Waals surface area contributed by atoms with Crippen LogP contribution in [0.5, 0.6) is 5.75 Å². The summed E-state index contributed by atoms with van der Waals surface area (Å²) in [5.41, 5.74) is 4.11. The fraction of sp³-hybridized carbons (Fsp3) is 0.522. The summed E-state index contributed by atoms with van der Waals surface area (Å²) in [7, 11) is 5.01. The molecule has 3 aliphatic carbocycles. The number of ether oxygens (including phenoxy) is 1. The SMILES string of the molecule is COCc1cc(N(C)C)c2c(c1O)C(=O)C1C(=O)[C@]3(O)C(=O)C(C(N)=O)C(=O)C[C@@H]3C[C@@H]1C2.